The van der Waals surface area contributed by atoms with Gasteiger partial charge in [-0.25, -0.2) is 4.79 Å². The lowest BCUT2D eigenvalue weighted by Gasteiger charge is -2.13. The normalized spacial score (nSPS) is 11.8. The van der Waals surface area contributed by atoms with Crippen molar-refractivity contribution >= 4 is 46.1 Å². The minimum Gasteiger partial charge on any atom is -0.449 e. The van der Waals surface area contributed by atoms with Crippen LogP contribution in [0.1, 0.15) is 19.4 Å². The van der Waals surface area contributed by atoms with Gasteiger partial charge >= 0.3 is 5.97 Å². The maximum Gasteiger partial charge on any atom is 0.331 e. The van der Waals surface area contributed by atoms with E-state index in [0.29, 0.717) is 11.4 Å². The zero-order valence-electron chi connectivity index (χ0n) is 16.6. The predicted octanol–water partition coefficient (Wildman–Crippen LogP) is 3.78. The van der Waals surface area contributed by atoms with Gasteiger partial charge < -0.3 is 15.4 Å². The first kappa shape index (κ1) is 20.7. The fourth-order valence-electron chi connectivity index (χ4n) is 2.77. The summed E-state index contributed by atoms with van der Waals surface area (Å²) in [5.74, 6) is -1.28. The van der Waals surface area contributed by atoms with E-state index in [2.05, 4.69) is 15.6 Å². The summed E-state index contributed by atoms with van der Waals surface area (Å²) < 4.78 is 5.18. The van der Waals surface area contributed by atoms with Crippen molar-refractivity contribution in [2.45, 2.75) is 20.0 Å². The van der Waals surface area contributed by atoms with Gasteiger partial charge in [0.05, 0.1) is 5.52 Å². The zero-order valence-corrected chi connectivity index (χ0v) is 16.6. The first-order chi connectivity index (χ1) is 14.4. The number of fused-ring (bicyclic) bond motifs is 1. The van der Waals surface area contributed by atoms with Gasteiger partial charge in [0.25, 0.3) is 5.91 Å². The second-order valence-electron chi connectivity index (χ2n) is 6.58. The highest BCUT2D eigenvalue weighted by Crippen LogP contribution is 2.17. The molecule has 0 spiro atoms. The summed E-state index contributed by atoms with van der Waals surface area (Å²) in [6.45, 7) is 2.91. The van der Waals surface area contributed by atoms with Crippen molar-refractivity contribution in [3.8, 4) is 0 Å². The number of para-hydroxylation sites is 1. The molecule has 0 aliphatic rings. The molecule has 0 bridgehead atoms. The molecule has 2 aromatic carbocycles. The van der Waals surface area contributed by atoms with E-state index in [4.69, 9.17) is 4.74 Å². The third kappa shape index (κ3) is 5.51. The highest BCUT2D eigenvalue weighted by Gasteiger charge is 2.16. The quantitative estimate of drug-likeness (QED) is 0.482. The third-order valence-electron chi connectivity index (χ3n) is 4.20. The number of hydrogen-bond acceptors (Lipinski definition) is 5. The van der Waals surface area contributed by atoms with Crippen molar-refractivity contribution in [3.63, 3.8) is 0 Å². The number of carbonyl (C=O) groups excluding carboxylic acids is 3. The van der Waals surface area contributed by atoms with Gasteiger partial charge in [-0.2, -0.15) is 0 Å². The lowest BCUT2D eigenvalue weighted by molar-refractivity contribution is -0.148. The number of hydrogen-bond donors (Lipinski definition) is 2. The molecule has 1 atom stereocenters. The second kappa shape index (κ2) is 9.47. The summed E-state index contributed by atoms with van der Waals surface area (Å²) in [5.41, 5.74) is 2.70. The fourth-order valence-corrected chi connectivity index (χ4v) is 2.77. The Morgan fingerprint density at radius 2 is 1.63 bits per heavy atom. The summed E-state index contributed by atoms with van der Waals surface area (Å²) in [6.07, 6.45) is 3.59. The van der Waals surface area contributed by atoms with E-state index in [9.17, 15) is 14.4 Å². The lowest BCUT2D eigenvalue weighted by atomic mass is 10.1. The SMILES string of the molecule is CC(=O)Nc1ccc(NC(=O)C(C)OC(=O)/C=C/c2cccc3cccnc23)cc1. The van der Waals surface area contributed by atoms with E-state index < -0.39 is 18.0 Å². The molecule has 0 aliphatic heterocycles. The van der Waals surface area contributed by atoms with Crippen LogP contribution < -0.4 is 10.6 Å². The molecule has 0 aliphatic carbocycles. The van der Waals surface area contributed by atoms with Crippen LogP contribution in [0.2, 0.25) is 0 Å². The summed E-state index contributed by atoms with van der Waals surface area (Å²) in [5, 5.41) is 6.27. The highest BCUT2D eigenvalue weighted by atomic mass is 16.5. The molecule has 2 amide bonds. The van der Waals surface area contributed by atoms with Gasteiger partial charge in [0.2, 0.25) is 5.91 Å². The van der Waals surface area contributed by atoms with Crippen LogP contribution in [0.25, 0.3) is 17.0 Å². The summed E-state index contributed by atoms with van der Waals surface area (Å²) in [7, 11) is 0. The van der Waals surface area contributed by atoms with Crippen LogP contribution in [0.15, 0.2) is 66.9 Å². The average Bonchev–Trinajstić information content (AvgIpc) is 2.73. The molecule has 2 N–H and O–H groups in total. The van der Waals surface area contributed by atoms with Gasteiger partial charge in [-0.05, 0) is 43.3 Å². The number of nitrogens with one attached hydrogen (secondary N) is 2. The van der Waals surface area contributed by atoms with E-state index >= 15 is 0 Å². The van der Waals surface area contributed by atoms with Crippen LogP contribution in [-0.4, -0.2) is 28.9 Å². The number of esters is 1. The molecule has 152 valence electrons. The van der Waals surface area contributed by atoms with Crippen molar-refractivity contribution in [3.05, 3.63) is 72.4 Å². The molecule has 7 nitrogen and oxygen atoms in total. The van der Waals surface area contributed by atoms with Crippen molar-refractivity contribution in [1.82, 2.24) is 4.98 Å². The number of rotatable bonds is 6. The van der Waals surface area contributed by atoms with Crippen molar-refractivity contribution in [2.24, 2.45) is 0 Å². The second-order valence-corrected chi connectivity index (χ2v) is 6.58. The number of benzene rings is 2. The third-order valence-corrected chi connectivity index (χ3v) is 4.20. The molecule has 0 saturated heterocycles. The van der Waals surface area contributed by atoms with E-state index in [1.165, 1.54) is 19.9 Å². The summed E-state index contributed by atoms with van der Waals surface area (Å²) in [6, 6.07) is 16.1. The zero-order chi connectivity index (χ0) is 21.5. The monoisotopic (exact) mass is 403 g/mol. The fraction of sp³-hybridized carbons (Fsp3) is 0.130. The van der Waals surface area contributed by atoms with Gasteiger partial charge in [-0.1, -0.05) is 24.3 Å². The number of aromatic nitrogens is 1. The van der Waals surface area contributed by atoms with E-state index in [1.54, 1.807) is 36.5 Å². The van der Waals surface area contributed by atoms with Crippen LogP contribution in [-0.2, 0) is 19.1 Å². The van der Waals surface area contributed by atoms with Gasteiger partial charge in [0, 0.05) is 41.5 Å². The van der Waals surface area contributed by atoms with Crippen molar-refractivity contribution < 1.29 is 19.1 Å². The predicted molar refractivity (Wildman–Crippen MR) is 116 cm³/mol. The number of pyridine rings is 1. The Morgan fingerprint density at radius 1 is 0.967 bits per heavy atom. The Balaban J connectivity index is 1.57. The molecule has 1 unspecified atom stereocenters. The van der Waals surface area contributed by atoms with Crippen LogP contribution in [0.3, 0.4) is 0 Å². The van der Waals surface area contributed by atoms with Gasteiger partial charge in [-0.15, -0.1) is 0 Å². The molecular weight excluding hydrogens is 382 g/mol. The Bertz CT molecular complexity index is 1100. The lowest BCUT2D eigenvalue weighted by Crippen LogP contribution is -2.29. The van der Waals surface area contributed by atoms with Crippen LogP contribution in [0, 0.1) is 0 Å². The standard InChI is InChI=1S/C23H21N3O4/c1-15(23(29)26-20-11-9-19(10-12-20)25-16(2)27)30-21(28)13-8-18-6-3-5-17-7-4-14-24-22(17)18/h3-15H,1-2H3,(H,25,27)(H,26,29)/b13-8+. The Kier molecular flexibility index (Phi) is 6.54. The van der Waals surface area contributed by atoms with E-state index in [1.807, 2.05) is 30.3 Å². The molecule has 0 saturated carbocycles. The molecule has 30 heavy (non-hydrogen) atoms. The van der Waals surface area contributed by atoms with E-state index in [-0.39, 0.29) is 5.91 Å². The summed E-state index contributed by atoms with van der Waals surface area (Å²) in [4.78, 5) is 39.7. The first-order valence-corrected chi connectivity index (χ1v) is 9.33. The Morgan fingerprint density at radius 3 is 2.33 bits per heavy atom. The number of carbonyl (C=O) groups is 3. The van der Waals surface area contributed by atoms with E-state index in [0.717, 1.165) is 16.5 Å². The molecular formula is C23H21N3O4. The van der Waals surface area contributed by atoms with Crippen molar-refractivity contribution in [1.29, 1.82) is 0 Å². The molecule has 0 fully saturated rings. The molecule has 3 aromatic rings. The molecule has 0 radical (unpaired) electrons. The average molecular weight is 403 g/mol. The number of anilines is 2. The van der Waals surface area contributed by atoms with Gasteiger partial charge in [0.1, 0.15) is 0 Å². The topological polar surface area (TPSA) is 97.4 Å². The van der Waals surface area contributed by atoms with Crippen LogP contribution >= 0.6 is 0 Å². The number of amides is 2. The highest BCUT2D eigenvalue weighted by molar-refractivity contribution is 5.98. The molecule has 3 rings (SSSR count). The molecule has 1 heterocycles. The minimum atomic E-state index is -0.984. The maximum atomic E-state index is 12.3. The maximum absolute atomic E-state index is 12.3. The first-order valence-electron chi connectivity index (χ1n) is 9.33. The Labute approximate surface area is 173 Å². The van der Waals surface area contributed by atoms with Gasteiger partial charge in [-0.3, -0.25) is 14.6 Å². The molecule has 7 heteroatoms. The van der Waals surface area contributed by atoms with Crippen LogP contribution in [0.4, 0.5) is 11.4 Å². The largest absolute Gasteiger partial charge is 0.449 e. The molecule has 1 aromatic heterocycles. The van der Waals surface area contributed by atoms with Gasteiger partial charge in [0.15, 0.2) is 6.10 Å². The number of ether oxygens (including phenoxy) is 1. The number of nitrogens with zero attached hydrogens (tertiary/aromatic N) is 1. The smallest absolute Gasteiger partial charge is 0.331 e. The Hall–Kier alpha value is -4.00. The van der Waals surface area contributed by atoms with Crippen molar-refractivity contribution in [2.75, 3.05) is 10.6 Å². The minimum absolute atomic E-state index is 0.181. The summed E-state index contributed by atoms with van der Waals surface area (Å²) >= 11 is 0. The van der Waals surface area contributed by atoms with Crippen LogP contribution in [0.5, 0.6) is 0 Å².